The van der Waals surface area contributed by atoms with Crippen molar-refractivity contribution < 1.29 is 47.5 Å². The number of ether oxygens (including phenoxy) is 3. The van der Waals surface area contributed by atoms with E-state index in [1.54, 1.807) is 13.8 Å². The largest absolute Gasteiger partial charge is 0.469 e. The summed E-state index contributed by atoms with van der Waals surface area (Å²) in [7, 11) is -4.90. The van der Waals surface area contributed by atoms with Gasteiger partial charge in [-0.2, -0.15) is 0 Å². The number of aromatic nitrogens is 4. The predicted octanol–water partition coefficient (Wildman–Crippen LogP) is 1.61. The average Bonchev–Trinajstić information content (AvgIpc) is 3.40. The fourth-order valence-electron chi connectivity index (χ4n) is 3.89. The number of amides is 1. The van der Waals surface area contributed by atoms with Gasteiger partial charge in [-0.3, -0.25) is 23.5 Å². The molecule has 2 aromatic rings. The predicted molar refractivity (Wildman–Crippen MR) is 136 cm³/mol. The number of hydrogen-bond donors (Lipinski definition) is 3. The summed E-state index contributed by atoms with van der Waals surface area (Å²) >= 11 is 0. The third kappa shape index (κ3) is 9.02. The van der Waals surface area contributed by atoms with Crippen LogP contribution in [-0.4, -0.2) is 102 Å². The van der Waals surface area contributed by atoms with Crippen molar-refractivity contribution in [2.45, 2.75) is 83.8 Å². The van der Waals surface area contributed by atoms with Crippen LogP contribution in [0, 0.1) is 0 Å². The summed E-state index contributed by atoms with van der Waals surface area (Å²) in [6, 6.07) is 0. The molecule has 3 N–H and O–H groups in total. The molecule has 3 heterocycles. The standard InChI is InChI=1S/C22H32N5O10P.Na/c1-4-7-14(28)26-20-17-21(24-11-23-20)27(12-25-17)22-19(37-16(30)9-6-3)18(36-15(29)8-5-2)13(35-22)10-34-38(31,32)33;/h11-13,18-19,22H,4-10H2,1-3H3,(H2,31,32,33)(H,23,24,26,28);/t13-,18-,19-,22-;/m1./s1. The van der Waals surface area contributed by atoms with Crippen molar-refractivity contribution in [3.8, 4) is 0 Å². The number of hydrogen-bond acceptors (Lipinski definition) is 11. The smallest absolute Gasteiger partial charge is 0.455 e. The van der Waals surface area contributed by atoms with Crippen LogP contribution in [0.5, 0.6) is 0 Å². The van der Waals surface area contributed by atoms with E-state index in [0.717, 1.165) is 0 Å². The van der Waals surface area contributed by atoms with Gasteiger partial charge in [-0.05, 0) is 19.3 Å². The number of carbonyl (C=O) groups excluding carboxylic acids is 3. The molecule has 1 saturated heterocycles. The van der Waals surface area contributed by atoms with E-state index in [2.05, 4.69) is 24.8 Å². The Labute approximate surface area is 246 Å². The molecule has 2 aromatic heterocycles. The molecule has 39 heavy (non-hydrogen) atoms. The summed E-state index contributed by atoms with van der Waals surface area (Å²) in [4.78, 5) is 68.1. The Bertz CT molecular complexity index is 1190. The number of esters is 2. The quantitative estimate of drug-likeness (QED) is 0.175. The van der Waals surface area contributed by atoms with E-state index < -0.39 is 50.9 Å². The third-order valence-corrected chi connectivity index (χ3v) is 5.99. The van der Waals surface area contributed by atoms with Gasteiger partial charge >= 0.3 is 19.8 Å². The zero-order valence-corrected chi connectivity index (χ0v) is 25.2. The number of carbonyl (C=O) groups is 3. The summed E-state index contributed by atoms with van der Waals surface area (Å²) < 4.78 is 34.7. The normalized spacial score (nSPS) is 20.8. The van der Waals surface area contributed by atoms with Gasteiger partial charge in [0.25, 0.3) is 0 Å². The average molecular weight is 580 g/mol. The van der Waals surface area contributed by atoms with Gasteiger partial charge in [-0.1, -0.05) is 20.8 Å². The summed E-state index contributed by atoms with van der Waals surface area (Å²) in [6.45, 7) is 4.76. The van der Waals surface area contributed by atoms with Crippen LogP contribution in [0.15, 0.2) is 12.7 Å². The molecular formula is C22H32N5NaO10P. The maximum atomic E-state index is 12.5. The summed E-state index contributed by atoms with van der Waals surface area (Å²) in [6.07, 6.45) is -0.312. The first-order valence-corrected chi connectivity index (χ1v) is 13.8. The van der Waals surface area contributed by atoms with E-state index in [9.17, 15) is 28.7 Å². The van der Waals surface area contributed by atoms with Crippen LogP contribution in [0.25, 0.3) is 11.2 Å². The molecule has 1 aliphatic rings. The van der Waals surface area contributed by atoms with Gasteiger partial charge in [-0.15, -0.1) is 0 Å². The van der Waals surface area contributed by atoms with Crippen molar-refractivity contribution >= 4 is 72.2 Å². The zero-order chi connectivity index (χ0) is 27.9. The first-order valence-electron chi connectivity index (χ1n) is 12.3. The molecule has 0 aliphatic carbocycles. The van der Waals surface area contributed by atoms with Gasteiger partial charge in [0.1, 0.15) is 12.4 Å². The van der Waals surface area contributed by atoms with Gasteiger partial charge in [0.15, 0.2) is 35.4 Å². The molecule has 0 spiro atoms. The van der Waals surface area contributed by atoms with Crippen LogP contribution in [0.2, 0.25) is 0 Å². The van der Waals surface area contributed by atoms with Crippen LogP contribution in [0.4, 0.5) is 5.82 Å². The number of fused-ring (bicyclic) bond motifs is 1. The Morgan fingerprint density at radius 2 is 1.62 bits per heavy atom. The van der Waals surface area contributed by atoms with E-state index in [-0.39, 0.29) is 71.7 Å². The summed E-state index contributed by atoms with van der Waals surface area (Å²) in [5.41, 5.74) is 0.442. The maximum Gasteiger partial charge on any atom is 0.469 e. The fraction of sp³-hybridized carbons (Fsp3) is 0.636. The van der Waals surface area contributed by atoms with Crippen LogP contribution >= 0.6 is 7.82 Å². The summed E-state index contributed by atoms with van der Waals surface area (Å²) in [5, 5.41) is 2.68. The van der Waals surface area contributed by atoms with Gasteiger partial charge < -0.3 is 29.3 Å². The number of nitrogens with one attached hydrogen (secondary N) is 1. The molecule has 1 aliphatic heterocycles. The van der Waals surface area contributed by atoms with Gasteiger partial charge in [-0.25, -0.2) is 19.5 Å². The van der Waals surface area contributed by atoms with Crippen molar-refractivity contribution in [1.82, 2.24) is 19.5 Å². The molecule has 0 aromatic carbocycles. The Hall–Kier alpha value is -1.97. The number of imidazole rings is 1. The van der Waals surface area contributed by atoms with E-state index in [0.29, 0.717) is 19.3 Å². The Morgan fingerprint density at radius 3 is 2.21 bits per heavy atom. The Morgan fingerprint density at radius 1 is 1.00 bits per heavy atom. The minimum absolute atomic E-state index is 0. The molecule has 1 fully saturated rings. The molecular weight excluding hydrogens is 548 g/mol. The van der Waals surface area contributed by atoms with Crippen LogP contribution < -0.4 is 5.32 Å². The molecule has 0 bridgehead atoms. The number of nitrogens with zero attached hydrogens (tertiary/aromatic N) is 4. The SMILES string of the molecule is CCCC(=O)Nc1ncnc2c1ncn2[C@@H]1O[C@H](COP(=O)(O)O)[C@@H](OC(=O)CCC)[C@H]1OC(=O)CCC.[Na]. The second-order valence-electron chi connectivity index (χ2n) is 8.60. The molecule has 0 unspecified atom stereocenters. The van der Waals surface area contributed by atoms with Gasteiger partial charge in [0, 0.05) is 48.8 Å². The van der Waals surface area contributed by atoms with Crippen molar-refractivity contribution in [3.05, 3.63) is 12.7 Å². The van der Waals surface area contributed by atoms with Crippen LogP contribution in [0.1, 0.15) is 65.5 Å². The van der Waals surface area contributed by atoms with Crippen molar-refractivity contribution in [1.29, 1.82) is 0 Å². The molecule has 211 valence electrons. The number of phosphoric ester groups is 1. The first kappa shape index (κ1) is 33.2. The molecule has 1 amide bonds. The molecule has 4 atom stereocenters. The zero-order valence-electron chi connectivity index (χ0n) is 22.3. The second kappa shape index (κ2) is 15.1. The topological polar surface area (TPSA) is 201 Å². The van der Waals surface area contributed by atoms with E-state index >= 15 is 0 Å². The van der Waals surface area contributed by atoms with Crippen molar-refractivity contribution in [2.24, 2.45) is 0 Å². The number of rotatable bonds is 13. The van der Waals surface area contributed by atoms with Gasteiger partial charge in [0.05, 0.1) is 12.9 Å². The first-order chi connectivity index (χ1) is 18.1. The molecule has 0 saturated carbocycles. The van der Waals surface area contributed by atoms with E-state index in [1.807, 2.05) is 6.92 Å². The molecule has 3 rings (SSSR count). The second-order valence-corrected chi connectivity index (χ2v) is 9.84. The molecule has 15 nitrogen and oxygen atoms in total. The number of anilines is 1. The van der Waals surface area contributed by atoms with E-state index in [4.69, 9.17) is 14.2 Å². The fourth-order valence-corrected chi connectivity index (χ4v) is 4.23. The van der Waals surface area contributed by atoms with Gasteiger partial charge in [0.2, 0.25) is 5.91 Å². The molecule has 17 heteroatoms. The molecule has 1 radical (unpaired) electrons. The van der Waals surface area contributed by atoms with Crippen molar-refractivity contribution in [2.75, 3.05) is 11.9 Å². The Balaban J connectivity index is 0.00000533. The minimum Gasteiger partial charge on any atom is -0.455 e. The van der Waals surface area contributed by atoms with Crippen molar-refractivity contribution in [3.63, 3.8) is 0 Å². The minimum atomic E-state index is -4.90. The maximum absolute atomic E-state index is 12.5. The third-order valence-electron chi connectivity index (χ3n) is 5.50. The van der Waals surface area contributed by atoms with E-state index in [1.165, 1.54) is 17.2 Å². The number of phosphoric acid groups is 1. The van der Waals surface area contributed by atoms with Crippen LogP contribution in [-0.2, 0) is 37.7 Å². The monoisotopic (exact) mass is 580 g/mol. The van der Waals surface area contributed by atoms with Crippen LogP contribution in [0.3, 0.4) is 0 Å². The Kier molecular flexibility index (Phi) is 12.9. The summed E-state index contributed by atoms with van der Waals surface area (Å²) in [5.74, 6) is -1.30.